The van der Waals surface area contributed by atoms with Crippen molar-refractivity contribution in [3.05, 3.63) is 94.2 Å². The van der Waals surface area contributed by atoms with Crippen LogP contribution in [0.4, 0.5) is 0 Å². The van der Waals surface area contributed by atoms with Crippen molar-refractivity contribution in [3.63, 3.8) is 0 Å². The van der Waals surface area contributed by atoms with Crippen LogP contribution in [-0.4, -0.2) is 21.1 Å². The molecule has 1 aliphatic rings. The van der Waals surface area contributed by atoms with Crippen molar-refractivity contribution in [2.24, 2.45) is 5.73 Å². The molecule has 5 rings (SSSR count). The van der Waals surface area contributed by atoms with Crippen LogP contribution in [0.2, 0.25) is 0 Å². The molecule has 1 saturated carbocycles. The molecule has 7 heteroatoms. The number of nitrogens with two attached hydrogens (primary N) is 1. The second kappa shape index (κ2) is 8.01. The van der Waals surface area contributed by atoms with E-state index in [-0.39, 0.29) is 18.0 Å². The lowest BCUT2D eigenvalue weighted by atomic mass is 9.92. The Morgan fingerprint density at radius 1 is 1.03 bits per heavy atom. The van der Waals surface area contributed by atoms with E-state index in [1.807, 2.05) is 60.8 Å². The molecule has 1 amide bonds. The van der Waals surface area contributed by atoms with Crippen molar-refractivity contribution in [1.82, 2.24) is 20.5 Å². The topological polar surface area (TPSA) is 114 Å². The SMILES string of the molecule is NCc1n[nH]c(=O)c2ccc(C3(C(=O)NCc4ccc(-c5ccccc5)cn4)CC3)cc12. The summed E-state index contributed by atoms with van der Waals surface area (Å²) in [6.45, 7) is 0.569. The Morgan fingerprint density at radius 2 is 1.84 bits per heavy atom. The maximum absolute atomic E-state index is 13.1. The Hall–Kier alpha value is -3.84. The first kappa shape index (κ1) is 20.1. The number of nitrogens with zero attached hydrogens (tertiary/aromatic N) is 2. The third-order valence-corrected chi connectivity index (χ3v) is 6.16. The molecule has 4 aromatic rings. The minimum atomic E-state index is -0.577. The standard InChI is InChI=1S/C25H23N5O2/c26-13-22-21-12-18(7-9-20(21)23(31)30-29-22)25(10-11-25)24(32)28-15-19-8-6-17(14-27-19)16-4-2-1-3-5-16/h1-9,12,14H,10-11,13,15,26H2,(H,28,32)(H,30,31). The summed E-state index contributed by atoms with van der Waals surface area (Å²) in [5, 5.41) is 10.8. The Balaban J connectivity index is 1.33. The number of H-pyrrole nitrogens is 1. The molecular formula is C25H23N5O2. The van der Waals surface area contributed by atoms with E-state index in [2.05, 4.69) is 20.5 Å². The first-order valence-electron chi connectivity index (χ1n) is 10.6. The quantitative estimate of drug-likeness (QED) is 0.440. The van der Waals surface area contributed by atoms with Gasteiger partial charge in [-0.3, -0.25) is 14.6 Å². The Kier molecular flexibility index (Phi) is 5.03. The van der Waals surface area contributed by atoms with E-state index in [9.17, 15) is 9.59 Å². The van der Waals surface area contributed by atoms with Gasteiger partial charge in [0.2, 0.25) is 5.91 Å². The fraction of sp³-hybridized carbons (Fsp3) is 0.200. The average molecular weight is 425 g/mol. The van der Waals surface area contributed by atoms with E-state index in [1.54, 1.807) is 6.07 Å². The molecule has 1 aliphatic carbocycles. The highest BCUT2D eigenvalue weighted by Crippen LogP contribution is 2.49. The zero-order valence-electron chi connectivity index (χ0n) is 17.5. The van der Waals surface area contributed by atoms with Gasteiger partial charge in [-0.05, 0) is 42.2 Å². The number of amides is 1. The molecule has 2 aromatic heterocycles. The fourth-order valence-electron chi connectivity index (χ4n) is 4.12. The van der Waals surface area contributed by atoms with Gasteiger partial charge in [0.25, 0.3) is 5.56 Å². The number of fused-ring (bicyclic) bond motifs is 1. The van der Waals surface area contributed by atoms with E-state index in [4.69, 9.17) is 5.73 Å². The normalized spacial score (nSPS) is 14.3. The van der Waals surface area contributed by atoms with Gasteiger partial charge in [0.1, 0.15) is 0 Å². The van der Waals surface area contributed by atoms with Crippen molar-refractivity contribution < 1.29 is 4.79 Å². The van der Waals surface area contributed by atoms with Gasteiger partial charge >= 0.3 is 0 Å². The summed E-state index contributed by atoms with van der Waals surface area (Å²) in [5.74, 6) is -0.0297. The van der Waals surface area contributed by atoms with Gasteiger partial charge in [-0.2, -0.15) is 5.10 Å². The molecule has 4 N–H and O–H groups in total. The molecule has 0 saturated heterocycles. The smallest absolute Gasteiger partial charge is 0.272 e. The number of aromatic nitrogens is 3. The molecule has 0 aliphatic heterocycles. The number of pyridine rings is 1. The number of nitrogens with one attached hydrogen (secondary N) is 2. The predicted molar refractivity (Wildman–Crippen MR) is 123 cm³/mol. The molecule has 0 bridgehead atoms. The zero-order chi connectivity index (χ0) is 22.1. The number of rotatable bonds is 6. The number of hydrogen-bond donors (Lipinski definition) is 3. The van der Waals surface area contributed by atoms with Crippen LogP contribution in [0.3, 0.4) is 0 Å². The van der Waals surface area contributed by atoms with Crippen molar-refractivity contribution >= 4 is 16.7 Å². The summed E-state index contributed by atoms with van der Waals surface area (Å²) < 4.78 is 0. The van der Waals surface area contributed by atoms with Crippen molar-refractivity contribution in [2.45, 2.75) is 31.3 Å². The van der Waals surface area contributed by atoms with E-state index in [0.717, 1.165) is 35.2 Å². The highest BCUT2D eigenvalue weighted by Gasteiger charge is 2.51. The van der Waals surface area contributed by atoms with Crippen LogP contribution < -0.4 is 16.6 Å². The molecule has 0 unspecified atom stereocenters. The molecule has 32 heavy (non-hydrogen) atoms. The second-order valence-corrected chi connectivity index (χ2v) is 8.13. The first-order chi connectivity index (χ1) is 15.6. The highest BCUT2D eigenvalue weighted by atomic mass is 16.2. The Morgan fingerprint density at radius 3 is 2.53 bits per heavy atom. The van der Waals surface area contributed by atoms with Crippen LogP contribution in [0.1, 0.15) is 29.8 Å². The molecule has 160 valence electrons. The summed E-state index contributed by atoms with van der Waals surface area (Å²) in [4.78, 5) is 29.7. The number of carbonyl (C=O) groups is 1. The third-order valence-electron chi connectivity index (χ3n) is 6.16. The molecule has 7 nitrogen and oxygen atoms in total. The van der Waals surface area contributed by atoms with Gasteiger partial charge in [-0.15, -0.1) is 0 Å². The molecule has 2 heterocycles. The lowest BCUT2D eigenvalue weighted by Crippen LogP contribution is -2.34. The first-order valence-corrected chi connectivity index (χ1v) is 10.6. The maximum Gasteiger partial charge on any atom is 0.272 e. The van der Waals surface area contributed by atoms with Gasteiger partial charge in [-0.1, -0.05) is 42.5 Å². The van der Waals surface area contributed by atoms with Crippen LogP contribution in [0.15, 0.2) is 71.7 Å². The van der Waals surface area contributed by atoms with Gasteiger partial charge in [-0.25, -0.2) is 5.10 Å². The van der Waals surface area contributed by atoms with Crippen molar-refractivity contribution in [1.29, 1.82) is 0 Å². The highest BCUT2D eigenvalue weighted by molar-refractivity contribution is 5.93. The van der Waals surface area contributed by atoms with E-state index in [1.165, 1.54) is 0 Å². The van der Waals surface area contributed by atoms with Crippen LogP contribution in [-0.2, 0) is 23.3 Å². The molecule has 0 radical (unpaired) electrons. The lowest BCUT2D eigenvalue weighted by Gasteiger charge is -2.17. The van der Waals surface area contributed by atoms with Crippen LogP contribution in [0.25, 0.3) is 21.9 Å². The fourth-order valence-corrected chi connectivity index (χ4v) is 4.12. The predicted octanol–water partition coefficient (Wildman–Crippen LogP) is 2.79. The molecule has 0 spiro atoms. The molecule has 1 fully saturated rings. The minimum Gasteiger partial charge on any atom is -0.350 e. The molecular weight excluding hydrogens is 402 g/mol. The molecule has 0 atom stereocenters. The zero-order valence-corrected chi connectivity index (χ0v) is 17.5. The Bertz CT molecular complexity index is 1340. The minimum absolute atomic E-state index is 0.0297. The number of benzene rings is 2. The van der Waals surface area contributed by atoms with E-state index in [0.29, 0.717) is 23.0 Å². The third kappa shape index (κ3) is 3.56. The lowest BCUT2D eigenvalue weighted by molar-refractivity contribution is -0.123. The van der Waals surface area contributed by atoms with Crippen molar-refractivity contribution in [2.75, 3.05) is 0 Å². The van der Waals surface area contributed by atoms with Crippen molar-refractivity contribution in [3.8, 4) is 11.1 Å². The summed E-state index contributed by atoms with van der Waals surface area (Å²) in [6.07, 6.45) is 3.35. The van der Waals surface area contributed by atoms with E-state index >= 15 is 0 Å². The largest absolute Gasteiger partial charge is 0.350 e. The van der Waals surface area contributed by atoms with Gasteiger partial charge < -0.3 is 11.1 Å². The second-order valence-electron chi connectivity index (χ2n) is 8.13. The summed E-state index contributed by atoms with van der Waals surface area (Å²) in [6, 6.07) is 19.5. The maximum atomic E-state index is 13.1. The average Bonchev–Trinajstić information content (AvgIpc) is 3.66. The van der Waals surface area contributed by atoms with Crippen LogP contribution >= 0.6 is 0 Å². The van der Waals surface area contributed by atoms with Crippen LogP contribution in [0.5, 0.6) is 0 Å². The van der Waals surface area contributed by atoms with Crippen LogP contribution in [0, 0.1) is 0 Å². The number of hydrogen-bond acceptors (Lipinski definition) is 5. The monoisotopic (exact) mass is 425 g/mol. The summed E-state index contributed by atoms with van der Waals surface area (Å²) >= 11 is 0. The number of carbonyl (C=O) groups excluding carboxylic acids is 1. The molecule has 2 aromatic carbocycles. The van der Waals surface area contributed by atoms with E-state index < -0.39 is 5.41 Å². The number of aromatic amines is 1. The Labute approximate surface area is 184 Å². The van der Waals surface area contributed by atoms with Gasteiger partial charge in [0.05, 0.1) is 28.7 Å². The van der Waals surface area contributed by atoms with Gasteiger partial charge in [0, 0.05) is 23.7 Å². The summed E-state index contributed by atoms with van der Waals surface area (Å²) in [7, 11) is 0. The van der Waals surface area contributed by atoms with Gasteiger partial charge in [0.15, 0.2) is 0 Å². The summed E-state index contributed by atoms with van der Waals surface area (Å²) in [5.41, 5.74) is 9.39.